The molecule has 0 saturated carbocycles. The van der Waals surface area contributed by atoms with E-state index in [-0.39, 0.29) is 6.04 Å². The van der Waals surface area contributed by atoms with Gasteiger partial charge >= 0.3 is 0 Å². The van der Waals surface area contributed by atoms with E-state index in [2.05, 4.69) is 28.2 Å². The molecule has 5 heteroatoms. The van der Waals surface area contributed by atoms with Gasteiger partial charge in [0.15, 0.2) is 0 Å². The maximum atomic E-state index is 6.23. The number of benzene rings is 1. The molecular formula is C16H23BrClNO2. The molecule has 1 N–H and O–H groups in total. The van der Waals surface area contributed by atoms with Gasteiger partial charge in [0.05, 0.1) is 17.7 Å². The summed E-state index contributed by atoms with van der Waals surface area (Å²) in [6.07, 6.45) is 4.65. The highest BCUT2D eigenvalue weighted by molar-refractivity contribution is 9.10. The predicted molar refractivity (Wildman–Crippen MR) is 90.3 cm³/mol. The second-order valence-electron chi connectivity index (χ2n) is 5.39. The van der Waals surface area contributed by atoms with E-state index >= 15 is 0 Å². The molecule has 0 spiro atoms. The Morgan fingerprint density at radius 1 is 1.52 bits per heavy atom. The van der Waals surface area contributed by atoms with Gasteiger partial charge in [-0.05, 0) is 60.3 Å². The summed E-state index contributed by atoms with van der Waals surface area (Å²) in [6, 6.07) is 4.05. The fourth-order valence-electron chi connectivity index (χ4n) is 2.79. The van der Waals surface area contributed by atoms with Gasteiger partial charge in [0.2, 0.25) is 0 Å². The Morgan fingerprint density at radius 3 is 2.95 bits per heavy atom. The average molecular weight is 377 g/mol. The first-order valence-electron chi connectivity index (χ1n) is 7.53. The lowest BCUT2D eigenvalue weighted by atomic mass is 9.98. The lowest BCUT2D eigenvalue weighted by molar-refractivity contribution is 0.0943. The van der Waals surface area contributed by atoms with E-state index in [0.717, 1.165) is 54.6 Å². The summed E-state index contributed by atoms with van der Waals surface area (Å²) < 4.78 is 12.3. The van der Waals surface area contributed by atoms with E-state index in [1.807, 2.05) is 12.1 Å². The number of methoxy groups -OCH3 is 1. The molecule has 2 unspecified atom stereocenters. The third-order valence-electron chi connectivity index (χ3n) is 3.78. The van der Waals surface area contributed by atoms with Crippen LogP contribution in [0.5, 0.6) is 5.75 Å². The first-order valence-corrected chi connectivity index (χ1v) is 8.70. The van der Waals surface area contributed by atoms with E-state index in [9.17, 15) is 0 Å². The third kappa shape index (κ3) is 4.59. The Labute approximate surface area is 140 Å². The SMILES string of the molecule is CCCNC(CC1CCCO1)c1cc(Cl)cc(Br)c1OC. The molecule has 21 heavy (non-hydrogen) atoms. The first kappa shape index (κ1) is 17.1. The second-order valence-corrected chi connectivity index (χ2v) is 6.68. The Balaban J connectivity index is 2.25. The summed E-state index contributed by atoms with van der Waals surface area (Å²) in [5.74, 6) is 0.853. The molecule has 118 valence electrons. The maximum absolute atomic E-state index is 6.23. The van der Waals surface area contributed by atoms with Gasteiger partial charge in [-0.3, -0.25) is 0 Å². The number of rotatable bonds is 7. The quantitative estimate of drug-likeness (QED) is 0.747. The van der Waals surface area contributed by atoms with Gasteiger partial charge in [-0.2, -0.15) is 0 Å². The Hall–Kier alpha value is -0.290. The summed E-state index contributed by atoms with van der Waals surface area (Å²) in [6.45, 7) is 4.01. The van der Waals surface area contributed by atoms with E-state index in [0.29, 0.717) is 11.1 Å². The molecule has 1 fully saturated rings. The lowest BCUT2D eigenvalue weighted by Gasteiger charge is -2.24. The van der Waals surface area contributed by atoms with Crippen molar-refractivity contribution in [3.05, 3.63) is 27.2 Å². The molecule has 0 bridgehead atoms. The van der Waals surface area contributed by atoms with Crippen molar-refractivity contribution >= 4 is 27.5 Å². The minimum atomic E-state index is 0.193. The summed E-state index contributed by atoms with van der Waals surface area (Å²) >= 11 is 9.77. The number of nitrogens with one attached hydrogen (secondary N) is 1. The van der Waals surface area contributed by atoms with Crippen LogP contribution in [0.2, 0.25) is 5.02 Å². The Morgan fingerprint density at radius 2 is 2.33 bits per heavy atom. The molecule has 1 aliphatic rings. The molecule has 0 aliphatic carbocycles. The standard InChI is InChI=1S/C16H23BrClNO2/c1-3-6-19-15(10-12-5-4-7-21-12)13-8-11(18)9-14(17)16(13)20-2/h8-9,12,15,19H,3-7,10H2,1-2H3. The highest BCUT2D eigenvalue weighted by Crippen LogP contribution is 2.38. The van der Waals surface area contributed by atoms with Crippen molar-refractivity contribution < 1.29 is 9.47 Å². The molecular weight excluding hydrogens is 354 g/mol. The molecule has 1 aromatic rings. The molecule has 1 saturated heterocycles. The van der Waals surface area contributed by atoms with Gasteiger partial charge in [-0.15, -0.1) is 0 Å². The molecule has 2 atom stereocenters. The van der Waals surface area contributed by atoms with Gasteiger partial charge in [-0.1, -0.05) is 18.5 Å². The molecule has 2 rings (SSSR count). The fourth-order valence-corrected chi connectivity index (χ4v) is 3.78. The van der Waals surface area contributed by atoms with E-state index in [1.165, 1.54) is 0 Å². The van der Waals surface area contributed by atoms with Crippen molar-refractivity contribution in [3.63, 3.8) is 0 Å². The predicted octanol–water partition coefficient (Wildman–Crippen LogP) is 4.72. The Bertz CT molecular complexity index is 464. The highest BCUT2D eigenvalue weighted by Gasteiger charge is 2.25. The van der Waals surface area contributed by atoms with Gasteiger partial charge in [0, 0.05) is 23.2 Å². The molecule has 1 aromatic carbocycles. The third-order valence-corrected chi connectivity index (χ3v) is 4.59. The van der Waals surface area contributed by atoms with Crippen LogP contribution in [-0.2, 0) is 4.74 Å². The maximum Gasteiger partial charge on any atom is 0.137 e. The Kier molecular flexibility index (Phi) is 6.80. The first-order chi connectivity index (χ1) is 10.2. The monoisotopic (exact) mass is 375 g/mol. The van der Waals surface area contributed by atoms with Crippen LogP contribution in [0.3, 0.4) is 0 Å². The number of hydrogen-bond acceptors (Lipinski definition) is 3. The zero-order valence-corrected chi connectivity index (χ0v) is 15.0. The summed E-state index contributed by atoms with van der Waals surface area (Å²) in [7, 11) is 1.69. The van der Waals surface area contributed by atoms with Crippen molar-refractivity contribution in [1.29, 1.82) is 0 Å². The fraction of sp³-hybridized carbons (Fsp3) is 0.625. The number of hydrogen-bond donors (Lipinski definition) is 1. The van der Waals surface area contributed by atoms with Gasteiger partial charge in [0.25, 0.3) is 0 Å². The minimum Gasteiger partial charge on any atom is -0.495 e. The molecule has 1 heterocycles. The van der Waals surface area contributed by atoms with Crippen LogP contribution in [0.15, 0.2) is 16.6 Å². The molecule has 0 amide bonds. The summed E-state index contributed by atoms with van der Waals surface area (Å²) in [4.78, 5) is 0. The zero-order valence-electron chi connectivity index (χ0n) is 12.6. The summed E-state index contributed by atoms with van der Waals surface area (Å²) in [5.41, 5.74) is 1.10. The second kappa shape index (κ2) is 8.37. The molecule has 1 aliphatic heterocycles. The highest BCUT2D eigenvalue weighted by atomic mass is 79.9. The normalized spacial score (nSPS) is 19.7. The van der Waals surface area contributed by atoms with E-state index in [4.69, 9.17) is 21.1 Å². The average Bonchev–Trinajstić information content (AvgIpc) is 2.95. The smallest absolute Gasteiger partial charge is 0.137 e. The van der Waals surface area contributed by atoms with Crippen LogP contribution < -0.4 is 10.1 Å². The largest absolute Gasteiger partial charge is 0.495 e. The van der Waals surface area contributed by atoms with Crippen LogP contribution in [-0.4, -0.2) is 26.4 Å². The molecule has 0 radical (unpaired) electrons. The van der Waals surface area contributed by atoms with E-state index < -0.39 is 0 Å². The molecule has 0 aromatic heterocycles. The molecule has 3 nitrogen and oxygen atoms in total. The van der Waals surface area contributed by atoms with Crippen LogP contribution in [0.25, 0.3) is 0 Å². The van der Waals surface area contributed by atoms with Crippen molar-refractivity contribution in [3.8, 4) is 5.75 Å². The van der Waals surface area contributed by atoms with Crippen molar-refractivity contribution in [2.45, 2.75) is 44.8 Å². The van der Waals surface area contributed by atoms with Crippen LogP contribution >= 0.6 is 27.5 Å². The van der Waals surface area contributed by atoms with Crippen molar-refractivity contribution in [2.75, 3.05) is 20.3 Å². The van der Waals surface area contributed by atoms with Crippen LogP contribution in [0.1, 0.15) is 44.2 Å². The minimum absolute atomic E-state index is 0.193. The number of ether oxygens (including phenoxy) is 2. The number of halogens is 2. The van der Waals surface area contributed by atoms with Crippen molar-refractivity contribution in [2.24, 2.45) is 0 Å². The van der Waals surface area contributed by atoms with E-state index in [1.54, 1.807) is 7.11 Å². The van der Waals surface area contributed by atoms with Crippen LogP contribution in [0.4, 0.5) is 0 Å². The lowest BCUT2D eigenvalue weighted by Crippen LogP contribution is -2.26. The van der Waals surface area contributed by atoms with Crippen LogP contribution in [0, 0.1) is 0 Å². The van der Waals surface area contributed by atoms with Gasteiger partial charge in [0.1, 0.15) is 5.75 Å². The van der Waals surface area contributed by atoms with Crippen molar-refractivity contribution in [1.82, 2.24) is 5.32 Å². The zero-order chi connectivity index (χ0) is 15.2. The topological polar surface area (TPSA) is 30.5 Å². The van der Waals surface area contributed by atoms with Gasteiger partial charge in [-0.25, -0.2) is 0 Å². The summed E-state index contributed by atoms with van der Waals surface area (Å²) in [5, 5.41) is 4.32. The van der Waals surface area contributed by atoms with Gasteiger partial charge < -0.3 is 14.8 Å².